The summed E-state index contributed by atoms with van der Waals surface area (Å²) in [5, 5.41) is 18.7. The molecule has 0 aliphatic carbocycles. The molecule has 8 aromatic carbocycles. The van der Waals surface area contributed by atoms with Gasteiger partial charge in [0.25, 0.3) is 0 Å². The molecule has 14 rings (SSSR count). The second-order valence-corrected chi connectivity index (χ2v) is 22.3. The number of aromatic nitrogens is 2. The Kier molecular flexibility index (Phi) is 7.54. The fourth-order valence-electron chi connectivity index (χ4n) is 10.0. The van der Waals surface area contributed by atoms with Gasteiger partial charge < -0.3 is 0 Å². The summed E-state index contributed by atoms with van der Waals surface area (Å²) in [7, 11) is -9.32. The van der Waals surface area contributed by atoms with Gasteiger partial charge in [-0.25, -0.2) is 0 Å². The van der Waals surface area contributed by atoms with Crippen molar-refractivity contribution in [2.24, 2.45) is 30.0 Å². The van der Waals surface area contributed by atoms with Gasteiger partial charge in [0, 0.05) is 0 Å². The number of amidine groups is 4. The molecule has 15 nitrogen and oxygen atoms in total. The Morgan fingerprint density at radius 3 is 1.48 bits per heavy atom. The van der Waals surface area contributed by atoms with Crippen molar-refractivity contribution in [3.8, 4) is 5.75 Å². The molecule has 4 aliphatic rings. The van der Waals surface area contributed by atoms with E-state index in [1.54, 1.807) is 54.6 Å². The fraction of sp³-hybridized carbons (Fsp3) is 0.0204. The summed E-state index contributed by atoms with van der Waals surface area (Å²) >= 11 is -2.20. The predicted molar refractivity (Wildman–Crippen MR) is 257 cm³/mol. The molecule has 0 fully saturated rings. The number of aryl methyl sites for hydroxylation is 1. The van der Waals surface area contributed by atoms with Crippen LogP contribution in [-0.4, -0.2) is 78.8 Å². The van der Waals surface area contributed by atoms with Crippen molar-refractivity contribution in [1.82, 2.24) is 6.55 Å². The zero-order chi connectivity index (χ0) is 45.4. The normalized spacial score (nSPS) is 14.9. The van der Waals surface area contributed by atoms with Crippen molar-refractivity contribution in [2.75, 3.05) is 0 Å². The van der Waals surface area contributed by atoms with Gasteiger partial charge in [0.15, 0.2) is 0 Å². The van der Waals surface area contributed by atoms with E-state index in [1.165, 1.54) is 12.1 Å². The van der Waals surface area contributed by atoms with Crippen LogP contribution in [-0.2, 0) is 20.2 Å². The molecule has 0 saturated carbocycles. The molecule has 0 atom stereocenters. The summed E-state index contributed by atoms with van der Waals surface area (Å²) in [6.07, 6.45) is 0. The molecule has 0 amide bonds. The number of nitrogens with zero attached hydrogens (tertiary/aromatic N) is 8. The van der Waals surface area contributed by atoms with Gasteiger partial charge >= 0.3 is 388 Å². The van der Waals surface area contributed by atoms with Crippen LogP contribution in [0.3, 0.4) is 0 Å². The van der Waals surface area contributed by atoms with Gasteiger partial charge in [-0.15, -0.1) is 0 Å². The third-order valence-corrected chi connectivity index (χ3v) is 17.9. The molecule has 3 N–H and O–H groups in total. The Bertz CT molecular complexity index is 4630. The number of phenols is 1. The summed E-state index contributed by atoms with van der Waals surface area (Å²) in [5.41, 5.74) is 4.60. The van der Waals surface area contributed by atoms with Crippen LogP contribution < -0.4 is 11.0 Å². The molecule has 0 saturated heterocycles. The number of benzene rings is 8. The number of phenolic OH excluding ortho intramolecular Hbond substituents is 1. The molecule has 18 heteroatoms. The molecular weight excluding hydrogens is 946 g/mol. The van der Waals surface area contributed by atoms with Crippen LogP contribution >= 0.6 is 0 Å². The monoisotopic (exact) mass is 971 g/mol. The van der Waals surface area contributed by atoms with Crippen molar-refractivity contribution in [3.05, 3.63) is 160 Å². The molecule has 1 radical (unpaired) electrons. The number of rotatable bonds is 2. The number of aromatic hydroxyl groups is 1. The molecule has 67 heavy (non-hydrogen) atoms. The molecular formula is C49H26GaN8O7S2. The van der Waals surface area contributed by atoms with Gasteiger partial charge in [0.05, 0.1) is 0 Å². The number of aliphatic imine (C=N–C) groups is 4. The van der Waals surface area contributed by atoms with E-state index in [0.29, 0.717) is 83.1 Å². The molecule has 10 aromatic rings. The second-order valence-electron chi connectivity index (χ2n) is 16.9. The van der Waals surface area contributed by atoms with Crippen LogP contribution in [0.25, 0.3) is 64.6 Å². The van der Waals surface area contributed by atoms with Gasteiger partial charge in [-0.1, -0.05) is 0 Å². The van der Waals surface area contributed by atoms with E-state index < -0.39 is 38.1 Å². The van der Waals surface area contributed by atoms with Crippen LogP contribution in [0.15, 0.2) is 161 Å². The molecule has 319 valence electrons. The van der Waals surface area contributed by atoms with Crippen LogP contribution in [0.1, 0.15) is 27.8 Å². The van der Waals surface area contributed by atoms with E-state index in [9.17, 15) is 31.0 Å². The van der Waals surface area contributed by atoms with Crippen LogP contribution in [0.4, 0.5) is 11.6 Å². The Morgan fingerprint density at radius 2 is 0.866 bits per heavy atom. The van der Waals surface area contributed by atoms with Gasteiger partial charge in [0.2, 0.25) is 0 Å². The standard InChI is InChI=1S/C49H26N8O7S2.Ga/c1-22-6-2-7-23-14-31-35(18-27(22)23)46-50-42(31)52-47-36-19-28-24(8-3-11-39(28)58)15-32(36)43(53-47)54-48-38-21-30-26(10-5-13-41(30)66(62,63)64)17-34(38)45(56-48)57-49-37-20-29-25(16-33(37)44(51-46)55-49)9-4-12-40(29)65(59,60)61;/h2-21H,1H3,(H3-2,50,51,52,53,54,55,56,57,58,59,60,61,62,63,64);/q-2;+2. The predicted octanol–water partition coefficient (Wildman–Crippen LogP) is 7.59. The summed E-state index contributed by atoms with van der Waals surface area (Å²) in [6.45, 7) is 2.06. The fourth-order valence-corrected chi connectivity index (χ4v) is 14.5. The van der Waals surface area contributed by atoms with Gasteiger partial charge in [-0.2, -0.15) is 0 Å². The van der Waals surface area contributed by atoms with E-state index in [-0.39, 0.29) is 38.0 Å². The van der Waals surface area contributed by atoms with Crippen molar-refractivity contribution in [2.45, 2.75) is 16.7 Å². The maximum absolute atomic E-state index is 12.9. The van der Waals surface area contributed by atoms with Crippen molar-refractivity contribution >= 4 is 138 Å². The third kappa shape index (κ3) is 5.47. The Hall–Kier alpha value is -7.58. The van der Waals surface area contributed by atoms with E-state index in [2.05, 4.69) is 31.7 Å². The van der Waals surface area contributed by atoms with Crippen molar-refractivity contribution < 1.29 is 31.0 Å². The molecule has 6 bridgehead atoms. The van der Waals surface area contributed by atoms with Crippen LogP contribution in [0, 0.1) is 6.92 Å². The average Bonchev–Trinajstić information content (AvgIpc) is 3.98. The summed E-state index contributed by atoms with van der Waals surface area (Å²) in [5.74, 6) is 2.30. The maximum atomic E-state index is 12.9. The minimum absolute atomic E-state index is 0.0837. The third-order valence-electron chi connectivity index (χ3n) is 13.1. The minimum atomic E-state index is -4.68. The van der Waals surface area contributed by atoms with E-state index in [0.717, 1.165) is 32.8 Å². The van der Waals surface area contributed by atoms with E-state index in [4.69, 9.17) is 30.0 Å². The van der Waals surface area contributed by atoms with Gasteiger partial charge in [-0.05, 0) is 0 Å². The summed E-state index contributed by atoms with van der Waals surface area (Å²) in [4.78, 5) is 31.2. The molecule has 6 heterocycles. The van der Waals surface area contributed by atoms with Crippen molar-refractivity contribution in [3.63, 3.8) is 0 Å². The molecule has 0 unspecified atom stereocenters. The number of fused-ring (bicyclic) bond motifs is 18. The first kappa shape index (κ1) is 38.7. The summed E-state index contributed by atoms with van der Waals surface area (Å²) in [6, 6.07) is 35.8. The topological polar surface area (TPSA) is 213 Å². The first-order valence-corrected chi connectivity index (χ1v) is 25.9. The van der Waals surface area contributed by atoms with Gasteiger partial charge in [0.1, 0.15) is 0 Å². The number of hydrogen-bond acceptors (Lipinski definition) is 11. The van der Waals surface area contributed by atoms with Gasteiger partial charge in [-0.3, -0.25) is 0 Å². The zero-order valence-electron chi connectivity index (χ0n) is 34.5. The van der Waals surface area contributed by atoms with E-state index >= 15 is 0 Å². The second kappa shape index (κ2) is 13.1. The first-order valence-electron chi connectivity index (χ1n) is 20.9. The first-order chi connectivity index (χ1) is 32.2. The van der Waals surface area contributed by atoms with Crippen LogP contribution in [0.5, 0.6) is 5.75 Å². The molecule has 4 aliphatic heterocycles. The summed E-state index contributed by atoms with van der Waals surface area (Å²) < 4.78 is 76.3. The van der Waals surface area contributed by atoms with Crippen LogP contribution in [0.2, 0.25) is 0 Å². The van der Waals surface area contributed by atoms with E-state index in [1.807, 2.05) is 36.4 Å². The quantitative estimate of drug-likeness (QED) is 0.117. The Morgan fingerprint density at radius 1 is 0.433 bits per heavy atom. The van der Waals surface area contributed by atoms with Crippen molar-refractivity contribution in [1.29, 1.82) is 0 Å². The Labute approximate surface area is 385 Å². The Balaban J connectivity index is 1.21. The molecule has 0 spiro atoms. The number of hydrogen-bond donors (Lipinski definition) is 3. The molecule has 2 aromatic heterocycles. The SMILES string of the molecule is Cc1cccc2cc3c(cc12)C1=Nc2c4cc5cccc(S(=O)(=O)O)c5cc4c4[n]2[Ga][n]2c(c5cc6cccc(O)c6cc5c2=NC3=N1)=NC1=NC(=N4)c2cc3cccc(S(=O)(=O)O)c3cc21. The zero-order valence-corrected chi connectivity index (χ0v) is 38.5. The average molecular weight is 973 g/mol.